The van der Waals surface area contributed by atoms with Crippen molar-refractivity contribution >= 4 is 23.5 Å². The quantitative estimate of drug-likeness (QED) is 0.442. The van der Waals surface area contributed by atoms with Gasteiger partial charge in [0, 0.05) is 6.07 Å². The molecule has 0 fully saturated rings. The lowest BCUT2D eigenvalue weighted by molar-refractivity contribution is -0.113. The lowest BCUT2D eigenvalue weighted by Crippen LogP contribution is -2.17. The minimum atomic E-state index is -0.343. The number of nitrogens with one attached hydrogen (secondary N) is 1. The van der Waals surface area contributed by atoms with Crippen LogP contribution in [0.3, 0.4) is 0 Å². The van der Waals surface area contributed by atoms with Crippen molar-refractivity contribution in [1.29, 1.82) is 0 Å². The van der Waals surface area contributed by atoms with Gasteiger partial charge in [-0.05, 0) is 65.9 Å². The number of tetrazole rings is 1. The highest BCUT2D eigenvalue weighted by atomic mass is 32.2. The summed E-state index contributed by atoms with van der Waals surface area (Å²) < 4.78 is 21.5. The number of hydrogen-bond donors (Lipinski definition) is 1. The van der Waals surface area contributed by atoms with E-state index < -0.39 is 0 Å². The van der Waals surface area contributed by atoms with Crippen molar-refractivity contribution in [3.8, 4) is 17.1 Å². The number of carbonyl (C=O) groups is 1. The second-order valence-corrected chi connectivity index (χ2v) is 7.41. The molecule has 158 valence electrons. The number of benzene rings is 2. The summed E-state index contributed by atoms with van der Waals surface area (Å²) in [5, 5.41) is 19.4. The van der Waals surface area contributed by atoms with Crippen LogP contribution in [0.2, 0.25) is 0 Å². The van der Waals surface area contributed by atoms with Crippen molar-refractivity contribution in [3.05, 3.63) is 66.1 Å². The third-order valence-corrected chi connectivity index (χ3v) is 5.18. The molecule has 11 heteroatoms. The summed E-state index contributed by atoms with van der Waals surface area (Å²) >= 11 is 1.20. The maximum atomic E-state index is 13.2. The van der Waals surface area contributed by atoms with Crippen LogP contribution in [0.5, 0.6) is 5.75 Å². The van der Waals surface area contributed by atoms with Gasteiger partial charge in [0.15, 0.2) is 0 Å². The molecule has 0 aliphatic heterocycles. The molecule has 1 amide bonds. The van der Waals surface area contributed by atoms with Gasteiger partial charge < -0.3 is 10.1 Å². The van der Waals surface area contributed by atoms with Gasteiger partial charge in [-0.2, -0.15) is 9.78 Å². The first-order valence-corrected chi connectivity index (χ1v) is 10.2. The molecule has 0 bridgehead atoms. The molecule has 0 spiro atoms. The third-order valence-electron chi connectivity index (χ3n) is 4.26. The number of aryl methyl sites for hydroxylation is 1. The Bertz CT molecular complexity index is 1190. The van der Waals surface area contributed by atoms with Crippen molar-refractivity contribution in [3.63, 3.8) is 0 Å². The predicted molar refractivity (Wildman–Crippen MR) is 113 cm³/mol. The van der Waals surface area contributed by atoms with Crippen LogP contribution in [-0.2, 0) is 4.79 Å². The van der Waals surface area contributed by atoms with Crippen molar-refractivity contribution < 1.29 is 13.9 Å². The van der Waals surface area contributed by atoms with Crippen LogP contribution in [0.1, 0.15) is 5.69 Å². The smallest absolute Gasteiger partial charge is 0.236 e. The molecule has 0 aliphatic carbocycles. The fourth-order valence-corrected chi connectivity index (χ4v) is 3.52. The van der Waals surface area contributed by atoms with E-state index in [-0.39, 0.29) is 17.5 Å². The minimum absolute atomic E-state index is 0.0875. The van der Waals surface area contributed by atoms with E-state index in [2.05, 4.69) is 25.9 Å². The molecular weight excluding hydrogens is 421 g/mol. The average molecular weight is 439 g/mol. The van der Waals surface area contributed by atoms with Crippen LogP contribution >= 0.6 is 11.8 Å². The Morgan fingerprint density at radius 1 is 1.10 bits per heavy atom. The third kappa shape index (κ3) is 4.72. The minimum Gasteiger partial charge on any atom is -0.497 e. The number of nitrogens with zero attached hydrogens (tertiary/aromatic N) is 6. The van der Waals surface area contributed by atoms with Crippen LogP contribution in [0, 0.1) is 12.7 Å². The van der Waals surface area contributed by atoms with E-state index in [1.54, 1.807) is 46.8 Å². The standard InChI is InChI=1S/C20H18FN7O2S/c1-13-11-18(27(24-13)15-5-3-14(21)4-6-15)22-19(29)12-31-20-23-25-26-28(20)16-7-9-17(30-2)10-8-16/h3-11H,12H2,1-2H3,(H,22,29). The van der Waals surface area contributed by atoms with E-state index in [0.717, 1.165) is 17.1 Å². The van der Waals surface area contributed by atoms with Crippen LogP contribution in [0.25, 0.3) is 11.4 Å². The molecule has 2 heterocycles. The molecule has 0 saturated heterocycles. The normalized spacial score (nSPS) is 10.8. The zero-order valence-corrected chi connectivity index (χ0v) is 17.5. The molecule has 0 aliphatic rings. The molecule has 31 heavy (non-hydrogen) atoms. The summed E-state index contributed by atoms with van der Waals surface area (Å²) in [6, 6.07) is 14.9. The zero-order valence-electron chi connectivity index (χ0n) is 16.7. The monoisotopic (exact) mass is 439 g/mol. The van der Waals surface area contributed by atoms with Crippen molar-refractivity contribution in [1.82, 2.24) is 30.0 Å². The van der Waals surface area contributed by atoms with Gasteiger partial charge in [-0.1, -0.05) is 11.8 Å². The summed E-state index contributed by atoms with van der Waals surface area (Å²) in [4.78, 5) is 12.6. The summed E-state index contributed by atoms with van der Waals surface area (Å²) in [6.07, 6.45) is 0. The van der Waals surface area contributed by atoms with E-state index in [9.17, 15) is 9.18 Å². The molecule has 4 aromatic rings. The van der Waals surface area contributed by atoms with Gasteiger partial charge in [-0.3, -0.25) is 4.79 Å². The Kier molecular flexibility index (Phi) is 5.94. The highest BCUT2D eigenvalue weighted by Gasteiger charge is 2.15. The number of carbonyl (C=O) groups excluding carboxylic acids is 1. The molecular formula is C20H18FN7O2S. The van der Waals surface area contributed by atoms with Crippen molar-refractivity contribution in [2.24, 2.45) is 0 Å². The summed E-state index contributed by atoms with van der Waals surface area (Å²) in [7, 11) is 1.59. The van der Waals surface area contributed by atoms with E-state index in [1.807, 2.05) is 19.1 Å². The van der Waals surface area contributed by atoms with Crippen LogP contribution < -0.4 is 10.1 Å². The Balaban J connectivity index is 1.44. The Morgan fingerprint density at radius 3 is 2.48 bits per heavy atom. The van der Waals surface area contributed by atoms with Gasteiger partial charge in [0.2, 0.25) is 11.1 Å². The van der Waals surface area contributed by atoms with Crippen molar-refractivity contribution in [2.75, 3.05) is 18.2 Å². The van der Waals surface area contributed by atoms with Gasteiger partial charge in [0.25, 0.3) is 0 Å². The highest BCUT2D eigenvalue weighted by molar-refractivity contribution is 7.99. The number of ether oxygens (including phenoxy) is 1. The number of hydrogen-bond acceptors (Lipinski definition) is 7. The second-order valence-electron chi connectivity index (χ2n) is 6.47. The number of thioether (sulfide) groups is 1. The number of amides is 1. The fraction of sp³-hybridized carbons (Fsp3) is 0.150. The maximum absolute atomic E-state index is 13.2. The van der Waals surface area contributed by atoms with Crippen LogP contribution in [-0.4, -0.2) is 48.8 Å². The molecule has 0 unspecified atom stereocenters. The topological polar surface area (TPSA) is 99.8 Å². The number of methoxy groups -OCH3 is 1. The van der Waals surface area contributed by atoms with Gasteiger partial charge in [-0.15, -0.1) is 5.10 Å². The van der Waals surface area contributed by atoms with Crippen LogP contribution in [0.15, 0.2) is 59.8 Å². The summed E-state index contributed by atoms with van der Waals surface area (Å²) in [5.74, 6) is 0.703. The average Bonchev–Trinajstić information content (AvgIpc) is 3.39. The van der Waals surface area contributed by atoms with E-state index >= 15 is 0 Å². The van der Waals surface area contributed by atoms with Gasteiger partial charge in [0.1, 0.15) is 17.4 Å². The second kappa shape index (κ2) is 8.96. The Morgan fingerprint density at radius 2 is 1.77 bits per heavy atom. The number of anilines is 1. The Hall–Kier alpha value is -3.73. The number of rotatable bonds is 7. The fourth-order valence-electron chi connectivity index (χ4n) is 2.83. The lowest BCUT2D eigenvalue weighted by atomic mass is 10.3. The first-order valence-electron chi connectivity index (χ1n) is 9.21. The first kappa shape index (κ1) is 20.5. The van der Waals surface area contributed by atoms with Gasteiger partial charge in [0.05, 0.1) is 29.9 Å². The molecule has 4 rings (SSSR count). The molecule has 0 atom stereocenters. The predicted octanol–water partition coefficient (Wildman–Crippen LogP) is 3.03. The van der Waals surface area contributed by atoms with Crippen molar-refractivity contribution in [2.45, 2.75) is 12.1 Å². The lowest BCUT2D eigenvalue weighted by Gasteiger charge is -2.09. The summed E-state index contributed by atoms with van der Waals surface area (Å²) in [5.41, 5.74) is 2.11. The maximum Gasteiger partial charge on any atom is 0.236 e. The highest BCUT2D eigenvalue weighted by Crippen LogP contribution is 2.22. The zero-order chi connectivity index (χ0) is 21.8. The molecule has 9 nitrogen and oxygen atoms in total. The number of halogens is 1. The van der Waals surface area contributed by atoms with Gasteiger partial charge >= 0.3 is 0 Å². The molecule has 0 saturated carbocycles. The molecule has 0 radical (unpaired) electrons. The SMILES string of the molecule is COc1ccc(-n2nnnc2SCC(=O)Nc2cc(C)nn2-c2ccc(F)cc2)cc1. The van der Waals surface area contributed by atoms with Gasteiger partial charge in [-0.25, -0.2) is 9.07 Å². The van der Waals surface area contributed by atoms with E-state index in [1.165, 1.54) is 23.9 Å². The first-order chi connectivity index (χ1) is 15.0. The summed E-state index contributed by atoms with van der Waals surface area (Å²) in [6.45, 7) is 1.81. The number of aromatic nitrogens is 6. The Labute approximate surface area is 181 Å². The molecule has 1 N–H and O–H groups in total. The van der Waals surface area contributed by atoms with Crippen LogP contribution in [0.4, 0.5) is 10.2 Å². The molecule has 2 aromatic carbocycles. The van der Waals surface area contributed by atoms with E-state index in [0.29, 0.717) is 16.7 Å². The van der Waals surface area contributed by atoms with E-state index in [4.69, 9.17) is 4.74 Å². The largest absolute Gasteiger partial charge is 0.497 e. The molecule has 2 aromatic heterocycles.